The number of hydrogen-bond acceptors (Lipinski definition) is 1. The van der Waals surface area contributed by atoms with Crippen molar-refractivity contribution in [3.63, 3.8) is 0 Å². The lowest BCUT2D eigenvalue weighted by Crippen LogP contribution is -2.32. The second-order valence-electron chi connectivity index (χ2n) is 9.07. The average Bonchev–Trinajstić information content (AvgIpc) is 2.84. The van der Waals surface area contributed by atoms with Gasteiger partial charge >= 0.3 is 0 Å². The molecule has 0 unspecified atom stereocenters. The number of aryl methyl sites for hydroxylation is 1. The van der Waals surface area contributed by atoms with Crippen molar-refractivity contribution in [2.24, 2.45) is 0 Å². The van der Waals surface area contributed by atoms with Crippen molar-refractivity contribution in [3.05, 3.63) is 59.9 Å². The van der Waals surface area contributed by atoms with Gasteiger partial charge in [0.25, 0.3) is 0 Å². The highest BCUT2D eigenvalue weighted by molar-refractivity contribution is 5.69. The molecule has 0 bridgehead atoms. The Labute approximate surface area is 197 Å². The Morgan fingerprint density at radius 1 is 0.594 bits per heavy atom. The number of unbranched alkanes of at least 4 members (excludes halogenated alkanes) is 13. The van der Waals surface area contributed by atoms with Gasteiger partial charge in [-0.2, -0.15) is 0 Å². The van der Waals surface area contributed by atoms with Crippen LogP contribution in [0.25, 0.3) is 12.2 Å². The molecule has 0 aliphatic carbocycles. The fraction of sp³-hybridized carbons (Fsp3) is 0.567. The largest absolute Gasteiger partial charge is 0.497 e. The maximum Gasteiger partial charge on any atom is 0.169 e. The number of nitrogens with zero attached hydrogens (tertiary/aromatic N) is 1. The Hall–Kier alpha value is -2.09. The summed E-state index contributed by atoms with van der Waals surface area (Å²) in [7, 11) is 1.70. The van der Waals surface area contributed by atoms with Crippen LogP contribution in [0.4, 0.5) is 0 Å². The molecular formula is C30H46NO+. The molecule has 0 amide bonds. The van der Waals surface area contributed by atoms with Crippen LogP contribution in [0.2, 0.25) is 0 Å². The van der Waals surface area contributed by atoms with Crippen LogP contribution in [0.1, 0.15) is 108 Å². The summed E-state index contributed by atoms with van der Waals surface area (Å²) >= 11 is 0. The predicted molar refractivity (Wildman–Crippen MR) is 139 cm³/mol. The molecule has 0 spiro atoms. The lowest BCUT2D eigenvalue weighted by molar-refractivity contribution is -0.697. The van der Waals surface area contributed by atoms with E-state index in [1.54, 1.807) is 7.11 Å². The normalized spacial score (nSPS) is 11.3. The van der Waals surface area contributed by atoms with E-state index in [1.807, 2.05) is 12.1 Å². The molecule has 32 heavy (non-hydrogen) atoms. The molecule has 2 aromatic rings. The van der Waals surface area contributed by atoms with E-state index < -0.39 is 0 Å². The Bertz CT molecular complexity index is 718. The fourth-order valence-electron chi connectivity index (χ4n) is 4.13. The standard InChI is InChI=1S/C30H46NO/c1-3-4-5-6-7-8-9-10-11-12-13-14-15-16-25-31-26-23-29(24-27-31)18-17-28-19-21-30(32-2)22-20-28/h17-24,26-27H,3-16,25H2,1-2H3/q+1/b18-17+. The SMILES string of the molecule is CCCCCCCCCCCCCCCC[n+]1ccc(/C=C/c2ccc(OC)cc2)cc1. The molecule has 0 saturated carbocycles. The van der Waals surface area contributed by atoms with E-state index in [9.17, 15) is 0 Å². The molecule has 0 aliphatic rings. The fourth-order valence-corrected chi connectivity index (χ4v) is 4.13. The summed E-state index contributed by atoms with van der Waals surface area (Å²) in [6.07, 6.45) is 28.5. The summed E-state index contributed by atoms with van der Waals surface area (Å²) < 4.78 is 7.52. The highest BCUT2D eigenvalue weighted by atomic mass is 16.5. The van der Waals surface area contributed by atoms with Crippen molar-refractivity contribution in [3.8, 4) is 5.75 Å². The number of methoxy groups -OCH3 is 1. The molecule has 1 aromatic carbocycles. The minimum absolute atomic E-state index is 0.895. The second-order valence-corrected chi connectivity index (χ2v) is 9.07. The molecule has 0 fully saturated rings. The predicted octanol–water partition coefficient (Wildman–Crippen LogP) is 8.63. The summed E-state index contributed by atoms with van der Waals surface area (Å²) in [4.78, 5) is 0. The van der Waals surface area contributed by atoms with Crippen molar-refractivity contribution >= 4 is 12.2 Å². The molecule has 2 heteroatoms. The van der Waals surface area contributed by atoms with Crippen molar-refractivity contribution in [2.45, 2.75) is 103 Å². The third kappa shape index (κ3) is 12.1. The van der Waals surface area contributed by atoms with E-state index in [0.717, 1.165) is 12.3 Å². The van der Waals surface area contributed by atoms with E-state index in [4.69, 9.17) is 4.74 Å². The first-order valence-corrected chi connectivity index (χ1v) is 13.1. The maximum absolute atomic E-state index is 5.21. The second kappa shape index (κ2) is 17.5. The van der Waals surface area contributed by atoms with Gasteiger partial charge in [0.1, 0.15) is 12.3 Å². The monoisotopic (exact) mass is 436 g/mol. The number of ether oxygens (including phenoxy) is 1. The zero-order valence-electron chi connectivity index (χ0n) is 20.7. The van der Waals surface area contributed by atoms with Gasteiger partial charge in [-0.15, -0.1) is 0 Å². The van der Waals surface area contributed by atoms with Crippen LogP contribution in [0, 0.1) is 0 Å². The van der Waals surface area contributed by atoms with Gasteiger partial charge in [-0.25, -0.2) is 4.57 Å². The van der Waals surface area contributed by atoms with Crippen LogP contribution in [0.3, 0.4) is 0 Å². The Morgan fingerprint density at radius 3 is 1.50 bits per heavy atom. The Balaban J connectivity index is 1.47. The van der Waals surface area contributed by atoms with Gasteiger partial charge in [0, 0.05) is 18.6 Å². The van der Waals surface area contributed by atoms with Crippen LogP contribution < -0.4 is 9.30 Å². The number of hydrogen-bond donors (Lipinski definition) is 0. The Morgan fingerprint density at radius 2 is 1.03 bits per heavy atom. The van der Waals surface area contributed by atoms with Gasteiger partial charge in [0.15, 0.2) is 12.4 Å². The molecule has 1 heterocycles. The lowest BCUT2D eigenvalue weighted by atomic mass is 10.0. The Kier molecular flexibility index (Phi) is 14.3. The first kappa shape index (κ1) is 26.2. The summed E-state index contributed by atoms with van der Waals surface area (Å²) in [5, 5.41) is 0. The van der Waals surface area contributed by atoms with Gasteiger partial charge in [0.05, 0.1) is 7.11 Å². The lowest BCUT2D eigenvalue weighted by Gasteiger charge is -2.03. The highest BCUT2D eigenvalue weighted by Gasteiger charge is 2.00. The first-order valence-electron chi connectivity index (χ1n) is 13.1. The van der Waals surface area contributed by atoms with Gasteiger partial charge in [0.2, 0.25) is 0 Å². The third-order valence-corrected chi connectivity index (χ3v) is 6.27. The van der Waals surface area contributed by atoms with E-state index in [2.05, 4.69) is 60.3 Å². The van der Waals surface area contributed by atoms with Gasteiger partial charge in [-0.05, 0) is 29.7 Å². The van der Waals surface area contributed by atoms with Crippen molar-refractivity contribution < 1.29 is 9.30 Å². The smallest absolute Gasteiger partial charge is 0.169 e. The number of pyridine rings is 1. The molecule has 2 nitrogen and oxygen atoms in total. The highest BCUT2D eigenvalue weighted by Crippen LogP contribution is 2.14. The van der Waals surface area contributed by atoms with E-state index in [1.165, 1.54) is 101 Å². The molecule has 2 rings (SSSR count). The third-order valence-electron chi connectivity index (χ3n) is 6.27. The molecular weight excluding hydrogens is 390 g/mol. The van der Waals surface area contributed by atoms with Crippen molar-refractivity contribution in [1.82, 2.24) is 0 Å². The van der Waals surface area contributed by atoms with Crippen LogP contribution >= 0.6 is 0 Å². The first-order chi connectivity index (χ1) is 15.8. The summed E-state index contributed by atoms with van der Waals surface area (Å²) in [6, 6.07) is 12.5. The van der Waals surface area contributed by atoms with Crippen LogP contribution in [-0.2, 0) is 6.54 Å². The molecule has 0 N–H and O–H groups in total. The zero-order chi connectivity index (χ0) is 22.7. The summed E-state index contributed by atoms with van der Waals surface area (Å²) in [5.41, 5.74) is 2.42. The van der Waals surface area contributed by atoms with Crippen LogP contribution in [0.5, 0.6) is 5.75 Å². The van der Waals surface area contributed by atoms with Crippen LogP contribution in [-0.4, -0.2) is 7.11 Å². The molecule has 1 aromatic heterocycles. The molecule has 176 valence electrons. The topological polar surface area (TPSA) is 13.1 Å². The zero-order valence-corrected chi connectivity index (χ0v) is 20.7. The average molecular weight is 437 g/mol. The molecule has 0 saturated heterocycles. The van der Waals surface area contributed by atoms with Gasteiger partial charge in [-0.1, -0.05) is 108 Å². The van der Waals surface area contributed by atoms with E-state index in [-0.39, 0.29) is 0 Å². The number of aromatic nitrogens is 1. The van der Waals surface area contributed by atoms with Crippen molar-refractivity contribution in [1.29, 1.82) is 0 Å². The molecule has 0 atom stereocenters. The van der Waals surface area contributed by atoms with Crippen molar-refractivity contribution in [2.75, 3.05) is 7.11 Å². The van der Waals surface area contributed by atoms with E-state index >= 15 is 0 Å². The van der Waals surface area contributed by atoms with Gasteiger partial charge in [-0.3, -0.25) is 0 Å². The van der Waals surface area contributed by atoms with Gasteiger partial charge < -0.3 is 4.74 Å². The minimum Gasteiger partial charge on any atom is -0.497 e. The maximum atomic E-state index is 5.21. The summed E-state index contributed by atoms with van der Waals surface area (Å²) in [5.74, 6) is 0.895. The molecule has 0 radical (unpaired) electrons. The molecule has 0 aliphatic heterocycles. The summed E-state index contributed by atoms with van der Waals surface area (Å²) in [6.45, 7) is 3.42. The minimum atomic E-state index is 0.895. The van der Waals surface area contributed by atoms with E-state index in [0.29, 0.717) is 0 Å². The van der Waals surface area contributed by atoms with Crippen LogP contribution in [0.15, 0.2) is 48.8 Å². The number of benzene rings is 1. The quantitative estimate of drug-likeness (QED) is 0.168. The number of rotatable bonds is 18.